The number of rotatable bonds is 6. The third-order valence-electron chi connectivity index (χ3n) is 5.38. The van der Waals surface area contributed by atoms with E-state index in [9.17, 15) is 9.90 Å². The van der Waals surface area contributed by atoms with Crippen molar-refractivity contribution in [2.75, 3.05) is 6.61 Å². The quantitative estimate of drug-likeness (QED) is 0.644. The number of aliphatic hydroxyl groups is 1. The van der Waals surface area contributed by atoms with Crippen LogP contribution in [0.25, 0.3) is 0 Å². The van der Waals surface area contributed by atoms with Gasteiger partial charge >= 0.3 is 0 Å². The minimum Gasteiger partial charge on any atom is -0.388 e. The van der Waals surface area contributed by atoms with E-state index in [0.717, 1.165) is 17.5 Å². The van der Waals surface area contributed by atoms with Gasteiger partial charge in [-0.25, -0.2) is 0 Å². The lowest BCUT2D eigenvalue weighted by Crippen LogP contribution is -2.57. The van der Waals surface area contributed by atoms with E-state index in [-0.39, 0.29) is 24.7 Å². The van der Waals surface area contributed by atoms with Gasteiger partial charge in [0.25, 0.3) is 0 Å². The first-order valence-electron chi connectivity index (χ1n) is 9.88. The van der Waals surface area contributed by atoms with Crippen LogP contribution in [-0.2, 0) is 9.53 Å². The molecule has 1 heterocycles. The standard InChI is InChI=1S/C23H27Cl2NO3/c1-4-5-19(23(2,3)28)26-20(27)14-29-22(16-8-12-18(25)13-9-16)21(26)15-6-10-17(24)11-7-15/h6-13,19,21-22,28H,4-5,14H2,1-3H3/t19-,21+,22-/m0/s1. The molecule has 3 rings (SSSR count). The number of nitrogens with zero attached hydrogens (tertiary/aromatic N) is 1. The molecule has 0 bridgehead atoms. The number of benzene rings is 2. The molecule has 2 aromatic rings. The van der Waals surface area contributed by atoms with Crippen molar-refractivity contribution in [2.45, 2.75) is 57.4 Å². The molecule has 1 N–H and O–H groups in total. The second-order valence-corrected chi connectivity index (χ2v) is 8.91. The van der Waals surface area contributed by atoms with Gasteiger partial charge in [-0.1, -0.05) is 60.8 Å². The van der Waals surface area contributed by atoms with Gasteiger partial charge < -0.3 is 14.7 Å². The minimum atomic E-state index is -1.06. The van der Waals surface area contributed by atoms with Crippen LogP contribution in [0.4, 0.5) is 0 Å². The Morgan fingerprint density at radius 2 is 1.59 bits per heavy atom. The summed E-state index contributed by atoms with van der Waals surface area (Å²) in [6.07, 6.45) is 1.15. The number of carbonyl (C=O) groups is 1. The van der Waals surface area contributed by atoms with Gasteiger partial charge in [0.05, 0.1) is 17.7 Å². The average Bonchev–Trinajstić information content (AvgIpc) is 2.67. The first-order chi connectivity index (χ1) is 13.7. The molecule has 156 valence electrons. The van der Waals surface area contributed by atoms with E-state index < -0.39 is 11.6 Å². The van der Waals surface area contributed by atoms with Crippen LogP contribution in [0.2, 0.25) is 10.0 Å². The molecular formula is C23H27Cl2NO3. The first-order valence-corrected chi connectivity index (χ1v) is 10.6. The molecule has 0 radical (unpaired) electrons. The fraction of sp³-hybridized carbons (Fsp3) is 0.435. The lowest BCUT2D eigenvalue weighted by atomic mass is 9.86. The van der Waals surface area contributed by atoms with Gasteiger partial charge in [-0.2, -0.15) is 0 Å². The third kappa shape index (κ3) is 4.95. The highest BCUT2D eigenvalue weighted by Gasteiger charge is 2.45. The van der Waals surface area contributed by atoms with E-state index in [1.54, 1.807) is 13.8 Å². The molecule has 0 aliphatic carbocycles. The number of halogens is 2. The van der Waals surface area contributed by atoms with E-state index >= 15 is 0 Å². The second kappa shape index (κ2) is 9.05. The molecule has 0 spiro atoms. The molecule has 4 nitrogen and oxygen atoms in total. The van der Waals surface area contributed by atoms with Crippen LogP contribution < -0.4 is 0 Å². The largest absolute Gasteiger partial charge is 0.388 e. The van der Waals surface area contributed by atoms with Crippen molar-refractivity contribution in [3.63, 3.8) is 0 Å². The van der Waals surface area contributed by atoms with Crippen LogP contribution in [-0.4, -0.2) is 34.2 Å². The molecule has 0 saturated carbocycles. The zero-order chi connectivity index (χ0) is 21.2. The van der Waals surface area contributed by atoms with Gasteiger partial charge in [0.1, 0.15) is 12.7 Å². The summed E-state index contributed by atoms with van der Waals surface area (Å²) in [6, 6.07) is 14.2. The van der Waals surface area contributed by atoms with E-state index in [1.807, 2.05) is 53.4 Å². The summed E-state index contributed by atoms with van der Waals surface area (Å²) in [4.78, 5) is 14.9. The Kier molecular flexibility index (Phi) is 6.90. The van der Waals surface area contributed by atoms with Gasteiger partial charge in [0.15, 0.2) is 0 Å². The molecule has 2 aromatic carbocycles. The first kappa shape index (κ1) is 22.1. The van der Waals surface area contributed by atoms with Gasteiger partial charge in [0, 0.05) is 10.0 Å². The van der Waals surface area contributed by atoms with Crippen LogP contribution in [0, 0.1) is 0 Å². The highest BCUT2D eigenvalue weighted by atomic mass is 35.5. The van der Waals surface area contributed by atoms with Gasteiger partial charge in [-0.15, -0.1) is 0 Å². The normalized spacial score (nSPS) is 21.3. The van der Waals surface area contributed by atoms with Crippen molar-refractivity contribution in [1.29, 1.82) is 0 Å². The molecule has 3 atom stereocenters. The predicted molar refractivity (Wildman–Crippen MR) is 116 cm³/mol. The molecule has 29 heavy (non-hydrogen) atoms. The Bertz CT molecular complexity index is 831. The van der Waals surface area contributed by atoms with Crippen molar-refractivity contribution in [1.82, 2.24) is 4.90 Å². The van der Waals surface area contributed by atoms with Crippen molar-refractivity contribution >= 4 is 29.1 Å². The molecule has 0 unspecified atom stereocenters. The highest BCUT2D eigenvalue weighted by molar-refractivity contribution is 6.30. The molecule has 1 amide bonds. The number of ether oxygens (including phenoxy) is 1. The molecule has 6 heteroatoms. The van der Waals surface area contributed by atoms with Crippen LogP contribution in [0.5, 0.6) is 0 Å². The fourth-order valence-electron chi connectivity index (χ4n) is 4.03. The number of amides is 1. The molecule has 1 saturated heterocycles. The van der Waals surface area contributed by atoms with Crippen LogP contribution in [0.15, 0.2) is 48.5 Å². The smallest absolute Gasteiger partial charge is 0.249 e. The SMILES string of the molecule is CCC[C@H](N1C(=O)CO[C@@H](c2ccc(Cl)cc2)[C@H]1c1ccc(Cl)cc1)C(C)(C)O. The van der Waals surface area contributed by atoms with Crippen LogP contribution >= 0.6 is 23.2 Å². The van der Waals surface area contributed by atoms with Crippen LogP contribution in [0.3, 0.4) is 0 Å². The van der Waals surface area contributed by atoms with Crippen molar-refractivity contribution in [2.24, 2.45) is 0 Å². The zero-order valence-corrected chi connectivity index (χ0v) is 18.5. The van der Waals surface area contributed by atoms with E-state index in [4.69, 9.17) is 27.9 Å². The van der Waals surface area contributed by atoms with Gasteiger partial charge in [-0.3, -0.25) is 4.79 Å². The predicted octanol–water partition coefficient (Wildman–Crippen LogP) is 5.57. The molecule has 0 aromatic heterocycles. The monoisotopic (exact) mass is 435 g/mol. The van der Waals surface area contributed by atoms with E-state index in [2.05, 4.69) is 6.92 Å². The number of morpholine rings is 1. The van der Waals surface area contributed by atoms with Crippen molar-refractivity contribution in [3.05, 3.63) is 69.7 Å². The number of carbonyl (C=O) groups excluding carboxylic acids is 1. The maximum Gasteiger partial charge on any atom is 0.249 e. The summed E-state index contributed by atoms with van der Waals surface area (Å²) in [7, 11) is 0. The highest BCUT2D eigenvalue weighted by Crippen LogP contribution is 2.43. The molecule has 1 aliphatic rings. The number of hydrogen-bond acceptors (Lipinski definition) is 3. The molecule has 1 fully saturated rings. The lowest BCUT2D eigenvalue weighted by molar-refractivity contribution is -0.173. The zero-order valence-electron chi connectivity index (χ0n) is 16.9. The summed E-state index contributed by atoms with van der Waals surface area (Å²) < 4.78 is 6.04. The fourth-order valence-corrected chi connectivity index (χ4v) is 4.28. The summed E-state index contributed by atoms with van der Waals surface area (Å²) in [6.45, 7) is 5.53. The maximum atomic E-state index is 13.1. The summed E-state index contributed by atoms with van der Waals surface area (Å²) in [5.41, 5.74) is 0.781. The van der Waals surface area contributed by atoms with Gasteiger partial charge in [0.2, 0.25) is 5.91 Å². The van der Waals surface area contributed by atoms with Crippen LogP contribution in [0.1, 0.15) is 56.9 Å². The molecular weight excluding hydrogens is 409 g/mol. The van der Waals surface area contributed by atoms with Crippen molar-refractivity contribution in [3.8, 4) is 0 Å². The summed E-state index contributed by atoms with van der Waals surface area (Å²) >= 11 is 12.2. The Morgan fingerprint density at radius 3 is 2.07 bits per heavy atom. The van der Waals surface area contributed by atoms with Gasteiger partial charge in [-0.05, 0) is 55.7 Å². The number of hydrogen-bond donors (Lipinski definition) is 1. The Balaban J connectivity index is 2.13. The second-order valence-electron chi connectivity index (χ2n) is 8.04. The Labute approximate surface area is 182 Å². The van der Waals surface area contributed by atoms with E-state index in [1.165, 1.54) is 0 Å². The molecule has 1 aliphatic heterocycles. The average molecular weight is 436 g/mol. The maximum absolute atomic E-state index is 13.1. The Morgan fingerprint density at radius 1 is 1.07 bits per heavy atom. The summed E-state index contributed by atoms with van der Waals surface area (Å²) in [5, 5.41) is 12.2. The summed E-state index contributed by atoms with van der Waals surface area (Å²) in [5.74, 6) is -0.129. The lowest BCUT2D eigenvalue weighted by Gasteiger charge is -2.48. The topological polar surface area (TPSA) is 49.8 Å². The Hall–Kier alpha value is -1.59. The third-order valence-corrected chi connectivity index (χ3v) is 5.89. The minimum absolute atomic E-state index is 0.0341. The van der Waals surface area contributed by atoms with Crippen molar-refractivity contribution < 1.29 is 14.6 Å². The van der Waals surface area contributed by atoms with E-state index in [0.29, 0.717) is 16.5 Å².